The molecule has 1 amide bonds. The highest BCUT2D eigenvalue weighted by atomic mass is 35.5. The van der Waals surface area contributed by atoms with E-state index in [1.807, 2.05) is 44.2 Å². The molecule has 176 valence electrons. The van der Waals surface area contributed by atoms with Gasteiger partial charge in [0.1, 0.15) is 18.2 Å². The van der Waals surface area contributed by atoms with Crippen molar-refractivity contribution in [1.29, 1.82) is 0 Å². The number of carbonyl (C=O) groups excluding carboxylic acids is 1. The summed E-state index contributed by atoms with van der Waals surface area (Å²) >= 11 is 12.3. The van der Waals surface area contributed by atoms with E-state index in [0.29, 0.717) is 30.3 Å². The van der Waals surface area contributed by atoms with Gasteiger partial charge in [-0.1, -0.05) is 41.4 Å². The molecular formula is C27H27Cl2N3O2. The molecule has 0 aliphatic carbocycles. The van der Waals surface area contributed by atoms with Crippen LogP contribution in [0, 0.1) is 13.8 Å². The molecule has 1 aromatic heterocycles. The second-order valence-electron chi connectivity index (χ2n) is 8.26. The van der Waals surface area contributed by atoms with Crippen LogP contribution >= 0.6 is 23.2 Å². The fraction of sp³-hybridized carbons (Fsp3) is 0.259. The number of rotatable bonds is 9. The van der Waals surface area contributed by atoms with Gasteiger partial charge < -0.3 is 14.6 Å². The van der Waals surface area contributed by atoms with Crippen LogP contribution in [0.4, 0.5) is 0 Å². The molecule has 0 bridgehead atoms. The van der Waals surface area contributed by atoms with E-state index in [9.17, 15) is 4.79 Å². The average Bonchev–Trinajstić information content (AvgIpc) is 3.17. The summed E-state index contributed by atoms with van der Waals surface area (Å²) in [6.45, 7) is 5.70. The molecule has 7 heteroatoms. The maximum absolute atomic E-state index is 12.3. The first-order valence-electron chi connectivity index (χ1n) is 11.3. The Morgan fingerprint density at radius 1 is 1.03 bits per heavy atom. The van der Waals surface area contributed by atoms with Gasteiger partial charge in [-0.15, -0.1) is 0 Å². The van der Waals surface area contributed by atoms with Crippen LogP contribution in [0.2, 0.25) is 10.0 Å². The van der Waals surface area contributed by atoms with Gasteiger partial charge in [-0.05, 0) is 73.9 Å². The molecule has 0 fully saturated rings. The minimum Gasteiger partial charge on any atom is -0.492 e. The van der Waals surface area contributed by atoms with Crippen LogP contribution in [-0.4, -0.2) is 28.6 Å². The van der Waals surface area contributed by atoms with Crippen LogP contribution in [0.25, 0.3) is 11.0 Å². The first-order chi connectivity index (χ1) is 16.4. The fourth-order valence-corrected chi connectivity index (χ4v) is 4.29. The van der Waals surface area contributed by atoms with Crippen molar-refractivity contribution in [2.75, 3.05) is 13.2 Å². The number of halogens is 2. The van der Waals surface area contributed by atoms with Crippen molar-refractivity contribution >= 4 is 40.1 Å². The predicted molar refractivity (Wildman–Crippen MR) is 138 cm³/mol. The molecule has 0 spiro atoms. The lowest BCUT2D eigenvalue weighted by Crippen LogP contribution is -2.25. The van der Waals surface area contributed by atoms with Crippen molar-refractivity contribution in [3.63, 3.8) is 0 Å². The number of aryl methyl sites for hydroxylation is 3. The van der Waals surface area contributed by atoms with Crippen molar-refractivity contribution in [3.8, 4) is 5.75 Å². The van der Waals surface area contributed by atoms with Crippen LogP contribution in [-0.2, 0) is 13.0 Å². The van der Waals surface area contributed by atoms with E-state index in [4.69, 9.17) is 32.9 Å². The Morgan fingerprint density at radius 3 is 2.56 bits per heavy atom. The van der Waals surface area contributed by atoms with Crippen molar-refractivity contribution in [1.82, 2.24) is 14.9 Å². The standard InChI is InChI=1S/C27H27Cl2N3O2/c1-18-15-22(16-19(2)26(18)29)34-14-13-32-24-10-4-3-9-23(24)31-25(32)11-6-12-30-27(33)20-7-5-8-21(28)17-20/h3-5,7-10,15-17H,6,11-14H2,1-2H3,(H,30,33). The molecular weight excluding hydrogens is 469 g/mol. The van der Waals surface area contributed by atoms with Gasteiger partial charge in [0.05, 0.1) is 17.6 Å². The first kappa shape index (κ1) is 24.1. The molecule has 1 heterocycles. The number of carbonyl (C=O) groups is 1. The molecule has 5 nitrogen and oxygen atoms in total. The summed E-state index contributed by atoms with van der Waals surface area (Å²) in [4.78, 5) is 17.2. The zero-order valence-electron chi connectivity index (χ0n) is 19.3. The van der Waals surface area contributed by atoms with Gasteiger partial charge in [0.15, 0.2) is 0 Å². The Labute approximate surface area is 209 Å². The molecule has 0 saturated heterocycles. The lowest BCUT2D eigenvalue weighted by molar-refractivity contribution is 0.0953. The van der Waals surface area contributed by atoms with Gasteiger partial charge in [0.25, 0.3) is 5.91 Å². The van der Waals surface area contributed by atoms with Crippen LogP contribution in [0.15, 0.2) is 60.7 Å². The van der Waals surface area contributed by atoms with E-state index in [2.05, 4.69) is 16.0 Å². The minimum absolute atomic E-state index is 0.127. The monoisotopic (exact) mass is 495 g/mol. The van der Waals surface area contributed by atoms with Gasteiger partial charge >= 0.3 is 0 Å². The SMILES string of the molecule is Cc1cc(OCCn2c(CCCNC(=O)c3cccc(Cl)c3)nc3ccccc32)cc(C)c1Cl. The number of nitrogens with one attached hydrogen (secondary N) is 1. The van der Waals surface area contributed by atoms with Crippen LogP contribution in [0.5, 0.6) is 5.75 Å². The molecule has 4 rings (SSSR count). The lowest BCUT2D eigenvalue weighted by Gasteiger charge is -2.13. The second-order valence-corrected chi connectivity index (χ2v) is 9.07. The number of benzene rings is 3. The van der Waals surface area contributed by atoms with Crippen molar-refractivity contribution < 1.29 is 9.53 Å². The molecule has 34 heavy (non-hydrogen) atoms. The molecule has 4 aromatic rings. The summed E-state index contributed by atoms with van der Waals surface area (Å²) in [5, 5.41) is 4.28. The van der Waals surface area contributed by atoms with Gasteiger partial charge in [0.2, 0.25) is 0 Å². The van der Waals surface area contributed by atoms with E-state index in [1.165, 1.54) is 0 Å². The molecule has 0 unspecified atom stereocenters. The molecule has 0 aliphatic rings. The maximum atomic E-state index is 12.3. The topological polar surface area (TPSA) is 56.1 Å². The number of imidazole rings is 1. The fourth-order valence-electron chi connectivity index (χ4n) is 3.99. The number of para-hydroxylation sites is 2. The number of fused-ring (bicyclic) bond motifs is 1. The van der Waals surface area contributed by atoms with Crippen LogP contribution in [0.1, 0.15) is 33.7 Å². The highest BCUT2D eigenvalue weighted by Crippen LogP contribution is 2.26. The van der Waals surface area contributed by atoms with E-state index in [1.54, 1.807) is 24.3 Å². The Balaban J connectivity index is 1.38. The highest BCUT2D eigenvalue weighted by molar-refractivity contribution is 6.32. The Morgan fingerprint density at radius 2 is 1.79 bits per heavy atom. The number of hydrogen-bond acceptors (Lipinski definition) is 3. The first-order valence-corrected chi connectivity index (χ1v) is 12.1. The smallest absolute Gasteiger partial charge is 0.251 e. The van der Waals surface area contributed by atoms with Crippen LogP contribution in [0.3, 0.4) is 0 Å². The molecule has 0 saturated carbocycles. The molecule has 0 aliphatic heterocycles. The van der Waals surface area contributed by atoms with Gasteiger partial charge in [-0.2, -0.15) is 0 Å². The second kappa shape index (κ2) is 10.9. The van der Waals surface area contributed by atoms with Gasteiger partial charge in [0, 0.05) is 28.6 Å². The molecule has 3 aromatic carbocycles. The third-order valence-electron chi connectivity index (χ3n) is 5.68. The zero-order valence-corrected chi connectivity index (χ0v) is 20.8. The van der Waals surface area contributed by atoms with Crippen LogP contribution < -0.4 is 10.1 Å². The summed E-state index contributed by atoms with van der Waals surface area (Å²) in [7, 11) is 0. The summed E-state index contributed by atoms with van der Waals surface area (Å²) in [6.07, 6.45) is 1.51. The van der Waals surface area contributed by atoms with E-state index >= 15 is 0 Å². The van der Waals surface area contributed by atoms with E-state index < -0.39 is 0 Å². The minimum atomic E-state index is -0.127. The Kier molecular flexibility index (Phi) is 7.76. The maximum Gasteiger partial charge on any atom is 0.251 e. The number of nitrogens with zero attached hydrogens (tertiary/aromatic N) is 2. The van der Waals surface area contributed by atoms with Crippen molar-refractivity contribution in [2.24, 2.45) is 0 Å². The quantitative estimate of drug-likeness (QED) is 0.273. The highest BCUT2D eigenvalue weighted by Gasteiger charge is 2.12. The van der Waals surface area contributed by atoms with Crippen molar-refractivity contribution in [3.05, 3.63) is 93.2 Å². The number of ether oxygens (including phenoxy) is 1. The van der Waals surface area contributed by atoms with E-state index in [0.717, 1.165) is 51.6 Å². The predicted octanol–water partition coefficient (Wildman–Crippen LogP) is 6.40. The summed E-state index contributed by atoms with van der Waals surface area (Å²) in [5.74, 6) is 1.66. The summed E-state index contributed by atoms with van der Waals surface area (Å²) < 4.78 is 8.24. The number of amides is 1. The Hall–Kier alpha value is -3.02. The summed E-state index contributed by atoms with van der Waals surface area (Å²) in [5.41, 5.74) is 4.60. The van der Waals surface area contributed by atoms with Gasteiger partial charge in [-0.25, -0.2) is 4.98 Å². The zero-order chi connectivity index (χ0) is 24.1. The summed E-state index contributed by atoms with van der Waals surface area (Å²) in [6, 6.07) is 19.0. The average molecular weight is 496 g/mol. The number of aromatic nitrogens is 2. The Bertz CT molecular complexity index is 1290. The molecule has 0 atom stereocenters. The normalized spacial score (nSPS) is 11.1. The molecule has 0 radical (unpaired) electrons. The van der Waals surface area contributed by atoms with E-state index in [-0.39, 0.29) is 5.91 Å². The molecule has 1 N–H and O–H groups in total. The third kappa shape index (κ3) is 5.72. The number of hydrogen-bond donors (Lipinski definition) is 1. The van der Waals surface area contributed by atoms with Gasteiger partial charge in [-0.3, -0.25) is 4.79 Å². The van der Waals surface area contributed by atoms with Crippen molar-refractivity contribution in [2.45, 2.75) is 33.2 Å². The third-order valence-corrected chi connectivity index (χ3v) is 6.51. The largest absolute Gasteiger partial charge is 0.492 e. The lowest BCUT2D eigenvalue weighted by atomic mass is 10.1.